The van der Waals surface area contributed by atoms with Crippen LogP contribution in [0.4, 0.5) is 9.59 Å². The topological polar surface area (TPSA) is 106 Å². The fourth-order valence-electron chi connectivity index (χ4n) is 5.62. The van der Waals surface area contributed by atoms with Crippen molar-refractivity contribution >= 4 is 24.3 Å². The molecule has 2 unspecified atom stereocenters. The predicted octanol–water partition coefficient (Wildman–Crippen LogP) is 7.70. The van der Waals surface area contributed by atoms with Crippen LogP contribution in [0.1, 0.15) is 127 Å². The van der Waals surface area contributed by atoms with E-state index in [1.807, 2.05) is 12.1 Å². The number of aliphatic hydroxyl groups is 1. The molecule has 0 fully saturated rings. The van der Waals surface area contributed by atoms with Crippen molar-refractivity contribution in [3.63, 3.8) is 0 Å². The number of carbonyl (C=O) groups excluding carboxylic acids is 3. The van der Waals surface area contributed by atoms with Crippen molar-refractivity contribution in [2.75, 3.05) is 13.2 Å². The monoisotopic (exact) mass is 558 g/mol. The first-order chi connectivity index (χ1) is 19.5. The fourth-order valence-corrected chi connectivity index (χ4v) is 5.62. The summed E-state index contributed by atoms with van der Waals surface area (Å²) in [5, 5.41) is 10.2. The van der Waals surface area contributed by atoms with Crippen LogP contribution in [-0.2, 0) is 27.3 Å². The molecule has 1 aromatic rings. The van der Waals surface area contributed by atoms with Gasteiger partial charge in [-0.1, -0.05) is 102 Å². The number of aryl methyl sites for hydroxylation is 1. The van der Waals surface area contributed by atoms with Crippen molar-refractivity contribution < 1.29 is 29.0 Å². The Morgan fingerprint density at radius 3 is 2.08 bits per heavy atom. The lowest BCUT2D eigenvalue weighted by Crippen LogP contribution is -2.49. The van der Waals surface area contributed by atoms with Gasteiger partial charge in [0, 0.05) is 5.71 Å². The number of aliphatic hydroxyl groups excluding tert-OH is 1. The van der Waals surface area contributed by atoms with Crippen molar-refractivity contribution in [3.05, 3.63) is 34.9 Å². The number of amides is 3. The number of rotatable bonds is 20. The molecule has 224 valence electrons. The summed E-state index contributed by atoms with van der Waals surface area (Å²) in [6, 6.07) is 4.16. The SMILES string of the molecule is CCCCCCCCCCCCCCCc1cccc(CO)c1C1C(COC=O)C(C)=NC(=O)N1C(=O)OCC. The van der Waals surface area contributed by atoms with E-state index >= 15 is 0 Å². The normalized spacial score (nSPS) is 17.1. The zero-order valence-corrected chi connectivity index (χ0v) is 24.9. The molecule has 0 saturated carbocycles. The van der Waals surface area contributed by atoms with E-state index in [0.717, 1.165) is 29.7 Å². The fraction of sp³-hybridized carbons (Fsp3) is 0.688. The molecule has 0 aliphatic carbocycles. The van der Waals surface area contributed by atoms with Crippen molar-refractivity contribution in [2.24, 2.45) is 10.9 Å². The number of hydrogen-bond donors (Lipinski definition) is 1. The molecule has 0 saturated heterocycles. The number of benzene rings is 1. The molecule has 3 amide bonds. The summed E-state index contributed by atoms with van der Waals surface area (Å²) in [5.41, 5.74) is 2.77. The van der Waals surface area contributed by atoms with Crippen LogP contribution in [0.25, 0.3) is 0 Å². The Morgan fingerprint density at radius 1 is 0.950 bits per heavy atom. The zero-order chi connectivity index (χ0) is 29.2. The number of unbranched alkanes of at least 4 members (excludes halogenated alkanes) is 12. The smallest absolute Gasteiger partial charge is 0.418 e. The Kier molecular flexibility index (Phi) is 16.2. The molecule has 40 heavy (non-hydrogen) atoms. The Hall–Kier alpha value is -2.74. The van der Waals surface area contributed by atoms with Gasteiger partial charge in [-0.15, -0.1) is 0 Å². The van der Waals surface area contributed by atoms with E-state index in [9.17, 15) is 19.5 Å². The van der Waals surface area contributed by atoms with Crippen LogP contribution >= 0.6 is 0 Å². The van der Waals surface area contributed by atoms with E-state index < -0.39 is 24.1 Å². The molecule has 0 radical (unpaired) electrons. The highest BCUT2D eigenvalue weighted by Gasteiger charge is 2.44. The second-order valence-corrected chi connectivity index (χ2v) is 10.7. The Balaban J connectivity index is 2.06. The second kappa shape index (κ2) is 19.4. The van der Waals surface area contributed by atoms with Crippen LogP contribution in [0.2, 0.25) is 0 Å². The number of aliphatic imine (C=N–C) groups is 1. The summed E-state index contributed by atoms with van der Waals surface area (Å²) in [7, 11) is 0. The van der Waals surface area contributed by atoms with Crippen molar-refractivity contribution in [3.8, 4) is 0 Å². The minimum Gasteiger partial charge on any atom is -0.467 e. The van der Waals surface area contributed by atoms with E-state index in [0.29, 0.717) is 23.3 Å². The van der Waals surface area contributed by atoms with Gasteiger partial charge < -0.3 is 14.6 Å². The molecular formula is C32H50N2O6. The van der Waals surface area contributed by atoms with Gasteiger partial charge in [-0.2, -0.15) is 0 Å². The average Bonchev–Trinajstić information content (AvgIpc) is 2.94. The maximum atomic E-state index is 13.0. The summed E-state index contributed by atoms with van der Waals surface area (Å²) in [6.07, 6.45) is 16.4. The summed E-state index contributed by atoms with van der Waals surface area (Å²) in [6.45, 7) is 5.77. The van der Waals surface area contributed by atoms with Crippen molar-refractivity contribution in [1.29, 1.82) is 0 Å². The number of carbonyl (C=O) groups is 3. The zero-order valence-electron chi connectivity index (χ0n) is 24.9. The molecule has 1 N–H and O–H groups in total. The molecule has 2 rings (SSSR count). The summed E-state index contributed by atoms with van der Waals surface area (Å²) >= 11 is 0. The third-order valence-electron chi connectivity index (χ3n) is 7.78. The van der Waals surface area contributed by atoms with Gasteiger partial charge >= 0.3 is 12.1 Å². The standard InChI is InChI=1S/C32H50N2O6/c1-4-6-7-8-9-10-11-12-13-14-15-16-17-19-26-20-18-21-27(22-35)29(26)30-28(23-39-24-36)25(3)33-31(37)34(30)32(38)40-5-2/h18,20-21,24,28,30,35H,4-17,19,22-23H2,1-3H3. The molecule has 1 aliphatic rings. The van der Waals surface area contributed by atoms with Gasteiger partial charge in [0.25, 0.3) is 6.47 Å². The summed E-state index contributed by atoms with van der Waals surface area (Å²) in [4.78, 5) is 42.0. The Morgan fingerprint density at radius 2 is 1.52 bits per heavy atom. The molecule has 1 aromatic carbocycles. The molecule has 8 nitrogen and oxygen atoms in total. The molecule has 1 aliphatic heterocycles. The van der Waals surface area contributed by atoms with Gasteiger partial charge in [0.15, 0.2) is 0 Å². The van der Waals surface area contributed by atoms with Crippen molar-refractivity contribution in [2.45, 2.75) is 123 Å². The number of nitrogens with zero attached hydrogens (tertiary/aromatic N) is 2. The minimum atomic E-state index is -0.802. The van der Waals surface area contributed by atoms with Crippen LogP contribution in [0, 0.1) is 5.92 Å². The van der Waals surface area contributed by atoms with Crippen LogP contribution in [-0.4, -0.2) is 47.5 Å². The highest BCUT2D eigenvalue weighted by Crippen LogP contribution is 2.39. The molecule has 8 heteroatoms. The average molecular weight is 559 g/mol. The number of imide groups is 1. The van der Waals surface area contributed by atoms with Gasteiger partial charge in [0.2, 0.25) is 0 Å². The molecule has 0 spiro atoms. The largest absolute Gasteiger partial charge is 0.467 e. The second-order valence-electron chi connectivity index (χ2n) is 10.7. The quantitative estimate of drug-likeness (QED) is 0.130. The molecular weight excluding hydrogens is 508 g/mol. The van der Waals surface area contributed by atoms with Gasteiger partial charge in [-0.25, -0.2) is 19.5 Å². The summed E-state index contributed by atoms with van der Waals surface area (Å²) < 4.78 is 10.3. The lowest BCUT2D eigenvalue weighted by molar-refractivity contribution is -0.129. The first-order valence-corrected chi connectivity index (χ1v) is 15.3. The number of hydrogen-bond acceptors (Lipinski definition) is 6. The Labute approximate surface area is 240 Å². The molecule has 0 aromatic heterocycles. The molecule has 2 atom stereocenters. The van der Waals surface area contributed by atoms with E-state index in [1.165, 1.54) is 70.6 Å². The van der Waals surface area contributed by atoms with Gasteiger partial charge in [0.1, 0.15) is 6.61 Å². The van der Waals surface area contributed by atoms with Gasteiger partial charge in [-0.3, -0.25) is 4.79 Å². The predicted molar refractivity (Wildman–Crippen MR) is 157 cm³/mol. The summed E-state index contributed by atoms with van der Waals surface area (Å²) in [5.74, 6) is -0.551. The lowest BCUT2D eigenvalue weighted by atomic mass is 9.82. The number of urea groups is 1. The molecule has 1 heterocycles. The first-order valence-electron chi connectivity index (χ1n) is 15.3. The van der Waals surface area contributed by atoms with Crippen LogP contribution in [0.15, 0.2) is 23.2 Å². The van der Waals surface area contributed by atoms with E-state index in [1.54, 1.807) is 19.9 Å². The Bertz CT molecular complexity index is 947. The third-order valence-corrected chi connectivity index (χ3v) is 7.78. The number of ether oxygens (including phenoxy) is 2. The highest BCUT2D eigenvalue weighted by molar-refractivity contribution is 6.04. The lowest BCUT2D eigenvalue weighted by Gasteiger charge is -2.39. The van der Waals surface area contributed by atoms with Gasteiger partial charge in [-0.05, 0) is 43.4 Å². The van der Waals surface area contributed by atoms with E-state index in [-0.39, 0.29) is 19.8 Å². The van der Waals surface area contributed by atoms with Gasteiger partial charge in [0.05, 0.1) is 25.2 Å². The van der Waals surface area contributed by atoms with Crippen molar-refractivity contribution in [1.82, 2.24) is 4.90 Å². The third kappa shape index (κ3) is 10.3. The highest BCUT2D eigenvalue weighted by atomic mass is 16.6. The van der Waals surface area contributed by atoms with Crippen LogP contribution in [0.5, 0.6) is 0 Å². The first kappa shape index (κ1) is 33.5. The minimum absolute atomic E-state index is 0.0510. The van der Waals surface area contributed by atoms with E-state index in [2.05, 4.69) is 11.9 Å². The van der Waals surface area contributed by atoms with Crippen LogP contribution in [0.3, 0.4) is 0 Å². The maximum absolute atomic E-state index is 13.0. The maximum Gasteiger partial charge on any atom is 0.418 e. The van der Waals surface area contributed by atoms with E-state index in [4.69, 9.17) is 9.47 Å². The van der Waals surface area contributed by atoms with Crippen LogP contribution < -0.4 is 0 Å². The molecule has 0 bridgehead atoms.